The van der Waals surface area contributed by atoms with Crippen molar-refractivity contribution in [2.24, 2.45) is 11.7 Å². The van der Waals surface area contributed by atoms with Gasteiger partial charge in [0.1, 0.15) is 16.4 Å². The minimum absolute atomic E-state index is 0.0597. The Kier molecular flexibility index (Phi) is 5.11. The first kappa shape index (κ1) is 16.5. The lowest BCUT2D eigenvalue weighted by Gasteiger charge is -2.28. The second kappa shape index (κ2) is 6.50. The molecule has 5 nitrogen and oxygen atoms in total. The maximum absolute atomic E-state index is 12.7. The van der Waals surface area contributed by atoms with Crippen molar-refractivity contribution < 1.29 is 12.8 Å². The Bertz CT molecular complexity index is 586. The highest BCUT2D eigenvalue weighted by Gasteiger charge is 2.30. The van der Waals surface area contributed by atoms with Crippen molar-refractivity contribution in [2.75, 3.05) is 0 Å². The van der Waals surface area contributed by atoms with Crippen LogP contribution >= 0.6 is 0 Å². The van der Waals surface area contributed by atoms with Crippen LogP contribution in [-0.4, -0.2) is 14.5 Å². The highest BCUT2D eigenvalue weighted by atomic mass is 32.2. The van der Waals surface area contributed by atoms with E-state index in [1.807, 2.05) is 6.92 Å². The molecule has 3 N–H and O–H groups in total. The van der Waals surface area contributed by atoms with Gasteiger partial charge in [0.25, 0.3) is 0 Å². The largest absolute Gasteiger partial charge is 0.465 e. The molecule has 6 heteroatoms. The number of hydrogen-bond donors (Lipinski definition) is 2. The van der Waals surface area contributed by atoms with Crippen LogP contribution in [0.2, 0.25) is 0 Å². The van der Waals surface area contributed by atoms with Crippen molar-refractivity contribution in [3.8, 4) is 0 Å². The number of nitrogens with two attached hydrogens (primary N) is 1. The summed E-state index contributed by atoms with van der Waals surface area (Å²) < 4.78 is 33.6. The van der Waals surface area contributed by atoms with Gasteiger partial charge in [-0.15, -0.1) is 0 Å². The summed E-state index contributed by atoms with van der Waals surface area (Å²) in [6, 6.07) is -0.0597. The summed E-state index contributed by atoms with van der Waals surface area (Å²) in [6.07, 6.45) is 5.82. The van der Waals surface area contributed by atoms with Gasteiger partial charge in [-0.3, -0.25) is 0 Å². The fourth-order valence-electron chi connectivity index (χ4n) is 3.33. The number of furan rings is 1. The predicted molar refractivity (Wildman–Crippen MR) is 82.4 cm³/mol. The SMILES string of the molecule is Cc1oc(C)c(S(=O)(=O)NC(C)C2CCCCC2)c1CN. The summed E-state index contributed by atoms with van der Waals surface area (Å²) in [7, 11) is -3.59. The normalized spacial score (nSPS) is 18.9. The van der Waals surface area contributed by atoms with E-state index in [1.165, 1.54) is 19.3 Å². The van der Waals surface area contributed by atoms with E-state index in [0.717, 1.165) is 12.8 Å². The molecule has 0 spiro atoms. The molecule has 1 unspecified atom stereocenters. The van der Waals surface area contributed by atoms with Crippen LogP contribution in [0.3, 0.4) is 0 Å². The van der Waals surface area contributed by atoms with Crippen molar-refractivity contribution in [3.63, 3.8) is 0 Å². The Hall–Kier alpha value is -0.850. The van der Waals surface area contributed by atoms with E-state index in [4.69, 9.17) is 10.2 Å². The van der Waals surface area contributed by atoms with Gasteiger partial charge in [-0.25, -0.2) is 13.1 Å². The van der Waals surface area contributed by atoms with Crippen LogP contribution in [0.1, 0.15) is 56.1 Å². The average molecular weight is 314 g/mol. The fraction of sp³-hybridized carbons (Fsp3) is 0.733. The van der Waals surface area contributed by atoms with Crippen molar-refractivity contribution in [1.82, 2.24) is 4.72 Å². The Balaban J connectivity index is 2.22. The van der Waals surface area contributed by atoms with E-state index in [9.17, 15) is 8.42 Å². The Morgan fingerprint density at radius 2 is 1.86 bits per heavy atom. The van der Waals surface area contributed by atoms with Gasteiger partial charge in [-0.05, 0) is 39.5 Å². The summed E-state index contributed by atoms with van der Waals surface area (Å²) >= 11 is 0. The highest BCUT2D eigenvalue weighted by molar-refractivity contribution is 7.89. The van der Waals surface area contributed by atoms with Gasteiger partial charge in [-0.1, -0.05) is 19.3 Å². The van der Waals surface area contributed by atoms with Crippen molar-refractivity contribution in [2.45, 2.75) is 70.4 Å². The van der Waals surface area contributed by atoms with Gasteiger partial charge in [0.05, 0.1) is 0 Å². The smallest absolute Gasteiger partial charge is 0.244 e. The van der Waals surface area contributed by atoms with Crippen LogP contribution in [0.25, 0.3) is 0 Å². The molecule has 21 heavy (non-hydrogen) atoms. The van der Waals surface area contributed by atoms with Gasteiger partial charge < -0.3 is 10.2 Å². The van der Waals surface area contributed by atoms with Crippen molar-refractivity contribution in [3.05, 3.63) is 17.1 Å². The lowest BCUT2D eigenvalue weighted by molar-refractivity contribution is 0.303. The summed E-state index contributed by atoms with van der Waals surface area (Å²) in [5.74, 6) is 1.42. The van der Waals surface area contributed by atoms with Crippen LogP contribution < -0.4 is 10.5 Å². The molecule has 1 fully saturated rings. The molecular formula is C15H26N2O3S. The topological polar surface area (TPSA) is 85.3 Å². The molecule has 1 heterocycles. The van der Waals surface area contributed by atoms with Crippen LogP contribution in [0.5, 0.6) is 0 Å². The van der Waals surface area contributed by atoms with Gasteiger partial charge in [0, 0.05) is 18.2 Å². The Morgan fingerprint density at radius 3 is 2.43 bits per heavy atom. The number of rotatable bonds is 5. The molecular weight excluding hydrogens is 288 g/mol. The zero-order chi connectivity index (χ0) is 15.6. The van der Waals surface area contributed by atoms with Gasteiger partial charge in [0.2, 0.25) is 10.0 Å². The minimum Gasteiger partial charge on any atom is -0.465 e. The van der Waals surface area contributed by atoms with Gasteiger partial charge >= 0.3 is 0 Å². The summed E-state index contributed by atoms with van der Waals surface area (Å²) in [5, 5.41) is 0. The summed E-state index contributed by atoms with van der Waals surface area (Å²) in [4.78, 5) is 0.227. The third-order valence-corrected chi connectivity index (χ3v) is 6.25. The standard InChI is InChI=1S/C15H26N2O3S/c1-10(13-7-5-4-6-8-13)17-21(18,19)15-12(3)20-11(2)14(15)9-16/h10,13,17H,4-9,16H2,1-3H3. The zero-order valence-corrected chi connectivity index (χ0v) is 13.9. The molecule has 0 bridgehead atoms. The first-order valence-corrected chi connectivity index (χ1v) is 9.16. The third-order valence-electron chi connectivity index (χ3n) is 4.50. The molecule has 1 aromatic rings. The molecule has 1 saturated carbocycles. The summed E-state index contributed by atoms with van der Waals surface area (Å²) in [5.41, 5.74) is 6.26. The molecule has 1 aliphatic carbocycles. The molecule has 120 valence electrons. The molecule has 0 aromatic carbocycles. The molecule has 1 aliphatic rings. The quantitative estimate of drug-likeness (QED) is 0.875. The van der Waals surface area contributed by atoms with Crippen LogP contribution in [0.15, 0.2) is 9.31 Å². The zero-order valence-electron chi connectivity index (χ0n) is 13.1. The second-order valence-electron chi connectivity index (χ2n) is 6.03. The second-order valence-corrected chi connectivity index (χ2v) is 7.69. The summed E-state index contributed by atoms with van der Waals surface area (Å²) in [6.45, 7) is 5.54. The van der Waals surface area contributed by atoms with Crippen molar-refractivity contribution in [1.29, 1.82) is 0 Å². The molecule has 0 radical (unpaired) electrons. The lowest BCUT2D eigenvalue weighted by Crippen LogP contribution is -2.39. The average Bonchev–Trinajstić information content (AvgIpc) is 2.73. The van der Waals surface area contributed by atoms with E-state index < -0.39 is 10.0 Å². The fourth-order valence-corrected chi connectivity index (χ4v) is 5.10. The minimum atomic E-state index is -3.59. The number of nitrogens with one attached hydrogen (secondary N) is 1. The van der Waals surface area contributed by atoms with E-state index >= 15 is 0 Å². The molecule has 1 aromatic heterocycles. The van der Waals surface area contributed by atoms with E-state index in [0.29, 0.717) is 23.0 Å². The lowest BCUT2D eigenvalue weighted by atomic mass is 9.85. The maximum Gasteiger partial charge on any atom is 0.244 e. The number of hydrogen-bond acceptors (Lipinski definition) is 4. The predicted octanol–water partition coefficient (Wildman–Crippen LogP) is 2.60. The van der Waals surface area contributed by atoms with E-state index in [-0.39, 0.29) is 17.5 Å². The number of sulfonamides is 1. The first-order chi connectivity index (χ1) is 9.86. The first-order valence-electron chi connectivity index (χ1n) is 7.68. The Labute approximate surface area is 127 Å². The van der Waals surface area contributed by atoms with Gasteiger partial charge in [0.15, 0.2) is 0 Å². The van der Waals surface area contributed by atoms with E-state index in [1.54, 1.807) is 13.8 Å². The monoisotopic (exact) mass is 314 g/mol. The molecule has 0 amide bonds. The van der Waals surface area contributed by atoms with Crippen LogP contribution in [0, 0.1) is 19.8 Å². The van der Waals surface area contributed by atoms with E-state index in [2.05, 4.69) is 4.72 Å². The third kappa shape index (κ3) is 3.49. The Morgan fingerprint density at radius 1 is 1.24 bits per heavy atom. The number of aryl methyl sites for hydroxylation is 2. The highest BCUT2D eigenvalue weighted by Crippen LogP contribution is 2.29. The maximum atomic E-state index is 12.7. The molecule has 0 saturated heterocycles. The van der Waals surface area contributed by atoms with Gasteiger partial charge in [-0.2, -0.15) is 0 Å². The molecule has 2 rings (SSSR count). The van der Waals surface area contributed by atoms with Crippen LogP contribution in [-0.2, 0) is 16.6 Å². The molecule has 0 aliphatic heterocycles. The molecule has 1 atom stereocenters. The van der Waals surface area contributed by atoms with Crippen molar-refractivity contribution >= 4 is 10.0 Å². The van der Waals surface area contributed by atoms with Crippen LogP contribution in [0.4, 0.5) is 0 Å².